The summed E-state index contributed by atoms with van der Waals surface area (Å²) in [5.74, 6) is -0.760. The molecule has 17 heavy (non-hydrogen) atoms. The summed E-state index contributed by atoms with van der Waals surface area (Å²) >= 11 is 1.27. The predicted octanol–water partition coefficient (Wildman–Crippen LogP) is 0.281. The van der Waals surface area contributed by atoms with Crippen molar-refractivity contribution in [2.45, 2.75) is 17.6 Å². The van der Waals surface area contributed by atoms with Crippen molar-refractivity contribution in [3.8, 4) is 0 Å². The molecule has 90 valence electrons. The third-order valence-corrected chi connectivity index (χ3v) is 3.15. The van der Waals surface area contributed by atoms with Crippen LogP contribution >= 0.6 is 11.8 Å². The van der Waals surface area contributed by atoms with E-state index in [0.717, 1.165) is 0 Å². The summed E-state index contributed by atoms with van der Waals surface area (Å²) in [6.07, 6.45) is 1.72. The lowest BCUT2D eigenvalue weighted by Gasteiger charge is -2.06. The van der Waals surface area contributed by atoms with Gasteiger partial charge in [-0.05, 0) is 0 Å². The molecule has 0 saturated carbocycles. The molecule has 0 bridgehead atoms. The van der Waals surface area contributed by atoms with Crippen molar-refractivity contribution < 1.29 is 15.0 Å². The van der Waals surface area contributed by atoms with Crippen LogP contribution < -0.4 is 0 Å². The lowest BCUT2D eigenvalue weighted by atomic mass is 10.3. The zero-order valence-corrected chi connectivity index (χ0v) is 9.52. The summed E-state index contributed by atoms with van der Waals surface area (Å²) in [5, 5.41) is 18.6. The van der Waals surface area contributed by atoms with Gasteiger partial charge in [-0.25, -0.2) is 15.0 Å². The Morgan fingerprint density at radius 1 is 1.47 bits per heavy atom. The first-order chi connectivity index (χ1) is 8.16. The lowest BCUT2D eigenvalue weighted by Crippen LogP contribution is -2.15. The zero-order chi connectivity index (χ0) is 12.3. The second-order valence-electron chi connectivity index (χ2n) is 3.34. The minimum Gasteiger partial charge on any atom is -0.481 e. The van der Waals surface area contributed by atoms with E-state index < -0.39 is 12.1 Å². The number of aromatic amines is 1. The Hall–Kier alpha value is -1.67. The Morgan fingerprint density at radius 3 is 3.06 bits per heavy atom. The predicted molar refractivity (Wildman–Crippen MR) is 60.7 cm³/mol. The van der Waals surface area contributed by atoms with Gasteiger partial charge < -0.3 is 15.2 Å². The Bertz CT molecular complexity index is 530. The first-order valence-corrected chi connectivity index (χ1v) is 5.82. The molecule has 0 amide bonds. The number of thioether (sulfide) groups is 1. The molecule has 3 N–H and O–H groups in total. The number of hydrogen-bond donors (Lipinski definition) is 3. The zero-order valence-electron chi connectivity index (χ0n) is 8.70. The SMILES string of the molecule is O=C(O)CC(O)CSc1ncnc2nc[nH]c12. The van der Waals surface area contributed by atoms with Crippen molar-refractivity contribution in [2.75, 3.05) is 5.75 Å². The van der Waals surface area contributed by atoms with Crippen LogP contribution in [0.25, 0.3) is 11.2 Å². The number of carboxylic acids is 1. The topological polar surface area (TPSA) is 112 Å². The normalized spacial score (nSPS) is 12.8. The molecule has 1 unspecified atom stereocenters. The van der Waals surface area contributed by atoms with E-state index >= 15 is 0 Å². The smallest absolute Gasteiger partial charge is 0.306 e. The standard InChI is InChI=1S/C9H10N4O3S/c14-5(1-6(15)16)2-17-9-7-8(11-3-10-7)12-4-13-9/h3-5,14H,1-2H2,(H,15,16)(H,10,11,12,13). The number of H-pyrrole nitrogens is 1. The number of nitrogens with one attached hydrogen (secondary N) is 1. The van der Waals surface area contributed by atoms with Crippen LogP contribution in [0.2, 0.25) is 0 Å². The quantitative estimate of drug-likeness (QED) is 0.519. The van der Waals surface area contributed by atoms with Gasteiger partial charge in [-0.15, -0.1) is 11.8 Å². The van der Waals surface area contributed by atoms with Gasteiger partial charge in [0.2, 0.25) is 0 Å². The van der Waals surface area contributed by atoms with Gasteiger partial charge in [0.1, 0.15) is 16.9 Å². The minimum atomic E-state index is -1.02. The van der Waals surface area contributed by atoms with E-state index in [2.05, 4.69) is 19.9 Å². The van der Waals surface area contributed by atoms with E-state index in [1.165, 1.54) is 24.4 Å². The number of aliphatic carboxylic acids is 1. The fraction of sp³-hybridized carbons (Fsp3) is 0.333. The van der Waals surface area contributed by atoms with E-state index in [1.807, 2.05) is 0 Å². The van der Waals surface area contributed by atoms with Crippen molar-refractivity contribution in [1.29, 1.82) is 0 Å². The molecule has 0 saturated heterocycles. The number of aliphatic hydroxyl groups is 1. The molecule has 2 heterocycles. The van der Waals surface area contributed by atoms with Crippen molar-refractivity contribution in [2.24, 2.45) is 0 Å². The van der Waals surface area contributed by atoms with Gasteiger partial charge in [0.15, 0.2) is 5.65 Å². The largest absolute Gasteiger partial charge is 0.481 e. The third-order valence-electron chi connectivity index (χ3n) is 2.01. The fourth-order valence-electron chi connectivity index (χ4n) is 1.29. The van der Waals surface area contributed by atoms with Gasteiger partial charge in [0.25, 0.3) is 0 Å². The van der Waals surface area contributed by atoms with Crippen LogP contribution in [0.5, 0.6) is 0 Å². The molecule has 0 fully saturated rings. The Morgan fingerprint density at radius 2 is 2.29 bits per heavy atom. The summed E-state index contributed by atoms with van der Waals surface area (Å²) in [4.78, 5) is 25.3. The van der Waals surface area contributed by atoms with Crippen LogP contribution in [0, 0.1) is 0 Å². The van der Waals surface area contributed by atoms with Gasteiger partial charge >= 0.3 is 5.97 Å². The van der Waals surface area contributed by atoms with Crippen LogP contribution in [0.15, 0.2) is 17.7 Å². The average molecular weight is 254 g/mol. The highest BCUT2D eigenvalue weighted by molar-refractivity contribution is 7.99. The fourth-order valence-corrected chi connectivity index (χ4v) is 2.17. The van der Waals surface area contributed by atoms with Crippen molar-refractivity contribution in [1.82, 2.24) is 19.9 Å². The van der Waals surface area contributed by atoms with Crippen LogP contribution in [0.3, 0.4) is 0 Å². The first kappa shape index (κ1) is 11.8. The molecule has 0 aliphatic heterocycles. The number of carbonyl (C=O) groups is 1. The lowest BCUT2D eigenvalue weighted by molar-refractivity contribution is -0.138. The van der Waals surface area contributed by atoms with Gasteiger partial charge in [0.05, 0.1) is 18.9 Å². The minimum absolute atomic E-state index is 0.261. The number of nitrogens with zero attached hydrogens (tertiary/aromatic N) is 3. The number of imidazole rings is 1. The molecule has 7 nitrogen and oxygen atoms in total. The number of aromatic nitrogens is 4. The molecule has 2 rings (SSSR count). The van der Waals surface area contributed by atoms with E-state index in [0.29, 0.717) is 16.2 Å². The Kier molecular flexibility index (Phi) is 3.55. The van der Waals surface area contributed by atoms with Crippen molar-refractivity contribution >= 4 is 28.9 Å². The van der Waals surface area contributed by atoms with E-state index in [9.17, 15) is 9.90 Å². The summed E-state index contributed by atoms with van der Waals surface area (Å²) < 4.78 is 0. The Labute approximate surface area is 100 Å². The number of fused-ring (bicyclic) bond motifs is 1. The number of aliphatic hydroxyl groups excluding tert-OH is 1. The van der Waals surface area contributed by atoms with Crippen LogP contribution in [0.1, 0.15) is 6.42 Å². The number of rotatable bonds is 5. The van der Waals surface area contributed by atoms with Crippen LogP contribution in [0.4, 0.5) is 0 Å². The summed E-state index contributed by atoms with van der Waals surface area (Å²) in [6.45, 7) is 0. The first-order valence-electron chi connectivity index (χ1n) is 4.83. The number of carboxylic acid groups (broad SMARTS) is 1. The monoisotopic (exact) mass is 254 g/mol. The van der Waals surface area contributed by atoms with Crippen LogP contribution in [-0.2, 0) is 4.79 Å². The van der Waals surface area contributed by atoms with Crippen molar-refractivity contribution in [3.05, 3.63) is 12.7 Å². The molecule has 1 atom stereocenters. The van der Waals surface area contributed by atoms with E-state index in [-0.39, 0.29) is 12.2 Å². The highest BCUT2D eigenvalue weighted by Crippen LogP contribution is 2.22. The third kappa shape index (κ3) is 2.92. The van der Waals surface area contributed by atoms with E-state index in [1.54, 1.807) is 0 Å². The maximum absolute atomic E-state index is 10.4. The molecule has 0 spiro atoms. The van der Waals surface area contributed by atoms with Crippen molar-refractivity contribution in [3.63, 3.8) is 0 Å². The molecule has 8 heteroatoms. The summed E-state index contributed by atoms with van der Waals surface area (Å²) in [6, 6.07) is 0. The molecule has 0 aliphatic carbocycles. The van der Waals surface area contributed by atoms with Gasteiger partial charge in [0, 0.05) is 5.75 Å². The molecule has 0 aliphatic rings. The second-order valence-corrected chi connectivity index (χ2v) is 4.35. The molecular weight excluding hydrogens is 244 g/mol. The van der Waals surface area contributed by atoms with Gasteiger partial charge in [-0.3, -0.25) is 4.79 Å². The second kappa shape index (κ2) is 5.11. The molecule has 2 aromatic heterocycles. The molecule has 0 radical (unpaired) electrons. The number of hydrogen-bond acceptors (Lipinski definition) is 6. The van der Waals surface area contributed by atoms with Gasteiger partial charge in [-0.2, -0.15) is 0 Å². The maximum atomic E-state index is 10.4. The highest BCUT2D eigenvalue weighted by atomic mass is 32.2. The average Bonchev–Trinajstić information content (AvgIpc) is 2.73. The molecule has 0 aromatic carbocycles. The summed E-state index contributed by atoms with van der Waals surface area (Å²) in [7, 11) is 0. The molecular formula is C9H10N4O3S. The summed E-state index contributed by atoms with van der Waals surface area (Å²) in [5.41, 5.74) is 1.25. The maximum Gasteiger partial charge on any atom is 0.306 e. The van der Waals surface area contributed by atoms with E-state index in [4.69, 9.17) is 5.11 Å². The van der Waals surface area contributed by atoms with Gasteiger partial charge in [-0.1, -0.05) is 0 Å². The van der Waals surface area contributed by atoms with Crippen LogP contribution in [-0.4, -0.2) is 48.0 Å². The Balaban J connectivity index is 2.03. The molecule has 2 aromatic rings. The highest BCUT2D eigenvalue weighted by Gasteiger charge is 2.12.